The van der Waals surface area contributed by atoms with E-state index in [0.717, 1.165) is 79.7 Å². The molecule has 4 heterocycles. The van der Waals surface area contributed by atoms with Crippen molar-refractivity contribution in [1.82, 2.24) is 29.7 Å². The Morgan fingerprint density at radius 1 is 0.889 bits per heavy atom. The average molecular weight is 636 g/mol. The van der Waals surface area contributed by atoms with Gasteiger partial charge in [-0.2, -0.15) is 0 Å². The molecule has 0 spiro atoms. The van der Waals surface area contributed by atoms with Crippen molar-refractivity contribution in [2.75, 3.05) is 32.7 Å². The third kappa shape index (κ3) is 5.60. The molecule has 1 aliphatic carbocycles. The van der Waals surface area contributed by atoms with Gasteiger partial charge in [-0.1, -0.05) is 72.3 Å². The van der Waals surface area contributed by atoms with Crippen molar-refractivity contribution in [3.63, 3.8) is 0 Å². The molecule has 1 N–H and O–H groups in total. The lowest BCUT2D eigenvalue weighted by atomic mass is 9.92. The van der Waals surface area contributed by atoms with Gasteiger partial charge >= 0.3 is 0 Å². The van der Waals surface area contributed by atoms with E-state index in [9.17, 15) is 0 Å². The van der Waals surface area contributed by atoms with Crippen molar-refractivity contribution in [2.45, 2.75) is 37.4 Å². The van der Waals surface area contributed by atoms with Crippen LogP contribution in [0.3, 0.4) is 0 Å². The summed E-state index contributed by atoms with van der Waals surface area (Å²) in [6, 6.07) is 25.7. The van der Waals surface area contributed by atoms with Gasteiger partial charge in [0.05, 0.1) is 29.0 Å². The molecule has 1 saturated heterocycles. The lowest BCUT2D eigenvalue weighted by Crippen LogP contribution is -2.47. The fraction of sp³-hybridized carbons (Fsp3) is 0.297. The standard InChI is InChI=1S/C37H36Cl2N6/c38-27-13-9-25(10-14-27)36(26-11-15-28(39)16-12-26)44-21-19-43(20-22-44)24-35-41-32-7-3-1-6-31(32)37(42-35)45-33-8-4-2-5-29(33)30-17-18-40-23-34(30)45/h1-15,28,36,40H,16-24H2. The van der Waals surface area contributed by atoms with Crippen LogP contribution < -0.4 is 5.32 Å². The Labute approximate surface area is 274 Å². The van der Waals surface area contributed by atoms with Gasteiger partial charge in [0, 0.05) is 54.2 Å². The average Bonchev–Trinajstić information content (AvgIpc) is 3.41. The molecular weight excluding hydrogens is 599 g/mol. The number of halogens is 2. The van der Waals surface area contributed by atoms with Gasteiger partial charge in [0.25, 0.3) is 0 Å². The van der Waals surface area contributed by atoms with Gasteiger partial charge in [0.2, 0.25) is 0 Å². The largest absolute Gasteiger partial charge is 0.311 e. The van der Waals surface area contributed by atoms with Crippen molar-refractivity contribution >= 4 is 45.0 Å². The number of fused-ring (bicyclic) bond motifs is 4. The molecule has 45 heavy (non-hydrogen) atoms. The van der Waals surface area contributed by atoms with Gasteiger partial charge in [-0.15, -0.1) is 11.6 Å². The maximum atomic E-state index is 6.39. The van der Waals surface area contributed by atoms with Crippen molar-refractivity contribution in [1.29, 1.82) is 0 Å². The summed E-state index contributed by atoms with van der Waals surface area (Å²) in [5.74, 6) is 1.85. The number of hydrogen-bond donors (Lipinski definition) is 1. The molecule has 8 rings (SSSR count). The third-order valence-corrected chi connectivity index (χ3v) is 10.1. The van der Waals surface area contributed by atoms with Crippen LogP contribution in [-0.4, -0.2) is 62.4 Å². The van der Waals surface area contributed by atoms with E-state index < -0.39 is 0 Å². The maximum Gasteiger partial charge on any atom is 0.149 e. The van der Waals surface area contributed by atoms with E-state index in [4.69, 9.17) is 33.2 Å². The second kappa shape index (κ2) is 12.3. The molecule has 2 aliphatic heterocycles. The first-order chi connectivity index (χ1) is 22.1. The number of benzene rings is 3. The number of para-hydroxylation sites is 2. The van der Waals surface area contributed by atoms with Gasteiger partial charge in [0.1, 0.15) is 11.6 Å². The molecule has 6 nitrogen and oxygen atoms in total. The molecular formula is C37H36Cl2N6. The molecule has 0 amide bonds. The van der Waals surface area contributed by atoms with Crippen LogP contribution in [0, 0.1) is 0 Å². The molecule has 228 valence electrons. The fourth-order valence-electron chi connectivity index (χ4n) is 7.29. The zero-order valence-corrected chi connectivity index (χ0v) is 26.7. The topological polar surface area (TPSA) is 49.2 Å². The zero-order valence-electron chi connectivity index (χ0n) is 25.2. The maximum absolute atomic E-state index is 6.39. The van der Waals surface area contributed by atoms with Crippen molar-refractivity contribution in [3.8, 4) is 5.82 Å². The number of allylic oxidation sites excluding steroid dienone is 2. The number of nitrogens with one attached hydrogen (secondary N) is 1. The van der Waals surface area contributed by atoms with Crippen LogP contribution in [0.5, 0.6) is 0 Å². The van der Waals surface area contributed by atoms with Crippen molar-refractivity contribution in [2.24, 2.45) is 0 Å². The first-order valence-corrected chi connectivity index (χ1v) is 16.8. The number of alkyl halides is 1. The molecule has 2 atom stereocenters. The first kappa shape index (κ1) is 28.9. The van der Waals surface area contributed by atoms with Crippen LogP contribution in [0.15, 0.2) is 96.6 Å². The highest BCUT2D eigenvalue weighted by molar-refractivity contribution is 6.30. The summed E-state index contributed by atoms with van der Waals surface area (Å²) in [7, 11) is 0. The Balaban J connectivity index is 1.08. The molecule has 5 aromatic rings. The minimum Gasteiger partial charge on any atom is -0.311 e. The van der Waals surface area contributed by atoms with Crippen LogP contribution >= 0.6 is 23.2 Å². The predicted molar refractivity (Wildman–Crippen MR) is 184 cm³/mol. The summed E-state index contributed by atoms with van der Waals surface area (Å²) in [6.07, 6.45) is 8.50. The van der Waals surface area contributed by atoms with Crippen LogP contribution in [0.25, 0.3) is 27.6 Å². The van der Waals surface area contributed by atoms with Crippen molar-refractivity contribution in [3.05, 3.63) is 124 Å². The SMILES string of the molecule is Clc1ccc(C(C2=CCC(Cl)C=C2)N2CCN(Cc3nc(-n4c5c(c6ccccc64)CCNC5)c4ccccc4n3)CC2)cc1. The number of nitrogens with zero attached hydrogens (tertiary/aromatic N) is 5. The number of rotatable bonds is 6. The van der Waals surface area contributed by atoms with Crippen LogP contribution in [0.4, 0.5) is 0 Å². The lowest BCUT2D eigenvalue weighted by Gasteiger charge is -2.40. The molecule has 0 bridgehead atoms. The highest BCUT2D eigenvalue weighted by Gasteiger charge is 2.29. The molecule has 3 aliphatic rings. The summed E-state index contributed by atoms with van der Waals surface area (Å²) in [4.78, 5) is 15.5. The summed E-state index contributed by atoms with van der Waals surface area (Å²) in [6.45, 7) is 6.34. The minimum absolute atomic E-state index is 0.0644. The first-order valence-electron chi connectivity index (χ1n) is 15.9. The highest BCUT2D eigenvalue weighted by Crippen LogP contribution is 2.35. The van der Waals surface area contributed by atoms with Gasteiger partial charge in [-0.05, 0) is 66.4 Å². The quantitative estimate of drug-likeness (QED) is 0.200. The summed E-state index contributed by atoms with van der Waals surface area (Å²) < 4.78 is 2.38. The van der Waals surface area contributed by atoms with Gasteiger partial charge in [-0.25, -0.2) is 9.97 Å². The summed E-state index contributed by atoms with van der Waals surface area (Å²) in [5.41, 5.74) is 7.52. The van der Waals surface area contributed by atoms with Crippen LogP contribution in [0.2, 0.25) is 5.02 Å². The molecule has 2 aromatic heterocycles. The second-order valence-corrected chi connectivity index (χ2v) is 13.3. The predicted octanol–water partition coefficient (Wildman–Crippen LogP) is 7.23. The monoisotopic (exact) mass is 634 g/mol. The molecule has 3 aromatic carbocycles. The van der Waals surface area contributed by atoms with Crippen molar-refractivity contribution < 1.29 is 0 Å². The number of piperazine rings is 1. The Morgan fingerprint density at radius 2 is 1.67 bits per heavy atom. The minimum atomic E-state index is 0.0644. The van der Waals surface area contributed by atoms with Gasteiger partial charge < -0.3 is 5.32 Å². The smallest absolute Gasteiger partial charge is 0.149 e. The van der Waals surface area contributed by atoms with E-state index in [1.807, 2.05) is 12.1 Å². The van der Waals surface area contributed by atoms with Crippen LogP contribution in [0.1, 0.15) is 35.1 Å². The van der Waals surface area contributed by atoms with E-state index in [-0.39, 0.29) is 11.4 Å². The van der Waals surface area contributed by atoms with E-state index in [1.54, 1.807) is 0 Å². The third-order valence-electron chi connectivity index (χ3n) is 9.49. The second-order valence-electron chi connectivity index (χ2n) is 12.3. The molecule has 8 heteroatoms. The van der Waals surface area contributed by atoms with E-state index >= 15 is 0 Å². The highest BCUT2D eigenvalue weighted by atomic mass is 35.5. The van der Waals surface area contributed by atoms with E-state index in [1.165, 1.54) is 33.3 Å². The summed E-state index contributed by atoms with van der Waals surface area (Å²) in [5, 5.41) is 6.83. The van der Waals surface area contributed by atoms with E-state index in [2.05, 4.69) is 98.6 Å². The van der Waals surface area contributed by atoms with Gasteiger partial charge in [0.15, 0.2) is 0 Å². The summed E-state index contributed by atoms with van der Waals surface area (Å²) >= 11 is 12.7. The number of hydrogen-bond acceptors (Lipinski definition) is 5. The fourth-order valence-corrected chi connectivity index (χ4v) is 7.57. The molecule has 0 saturated carbocycles. The normalized spacial score (nSPS) is 20.0. The molecule has 2 unspecified atom stereocenters. The Kier molecular flexibility index (Phi) is 7.94. The molecule has 1 fully saturated rings. The van der Waals surface area contributed by atoms with Gasteiger partial charge in [-0.3, -0.25) is 14.4 Å². The zero-order chi connectivity index (χ0) is 30.3. The Hall–Kier alpha value is -3.52. The lowest BCUT2D eigenvalue weighted by molar-refractivity contribution is 0.103. The Bertz CT molecular complexity index is 1920. The molecule has 0 radical (unpaired) electrons. The van der Waals surface area contributed by atoms with Crippen LogP contribution in [-0.2, 0) is 19.5 Å². The number of aromatic nitrogens is 3. The van der Waals surface area contributed by atoms with E-state index in [0.29, 0.717) is 6.54 Å². The Morgan fingerprint density at radius 3 is 2.47 bits per heavy atom.